The van der Waals surface area contributed by atoms with Gasteiger partial charge in [0.2, 0.25) is 0 Å². The highest BCUT2D eigenvalue weighted by molar-refractivity contribution is 6.07. The van der Waals surface area contributed by atoms with Gasteiger partial charge in [-0.3, -0.25) is 9.69 Å². The number of ether oxygens (including phenoxy) is 3. The maximum atomic E-state index is 13.2. The van der Waals surface area contributed by atoms with Crippen LogP contribution in [0.5, 0.6) is 17.2 Å². The third-order valence-electron chi connectivity index (χ3n) is 5.49. The highest BCUT2D eigenvalue weighted by Crippen LogP contribution is 2.36. The molecule has 32 heavy (non-hydrogen) atoms. The summed E-state index contributed by atoms with van der Waals surface area (Å²) in [6.45, 7) is 1.61. The van der Waals surface area contributed by atoms with Gasteiger partial charge in [-0.15, -0.1) is 0 Å². The molecule has 3 amide bonds. The standard InChI is InChI=1S/C23H23N3O6/c1-23(15-7-10-19(30-3)20(11-15)31-4)21(27)26(22(28)24-23)13-17-12-18(25-32-17)14-5-8-16(29-2)9-6-14/h5-12H,13H2,1-4H3,(H,24,28). The van der Waals surface area contributed by atoms with Gasteiger partial charge in [-0.1, -0.05) is 11.2 Å². The second kappa shape index (κ2) is 8.26. The monoisotopic (exact) mass is 437 g/mol. The van der Waals surface area contributed by atoms with E-state index < -0.39 is 17.5 Å². The zero-order valence-electron chi connectivity index (χ0n) is 18.2. The van der Waals surface area contributed by atoms with Crippen LogP contribution in [0.4, 0.5) is 4.79 Å². The predicted octanol–water partition coefficient (Wildman–Crippen LogP) is 3.33. The summed E-state index contributed by atoms with van der Waals surface area (Å²) in [7, 11) is 4.63. The van der Waals surface area contributed by atoms with E-state index in [1.54, 1.807) is 38.3 Å². The fourth-order valence-electron chi connectivity index (χ4n) is 3.62. The topological polar surface area (TPSA) is 103 Å². The van der Waals surface area contributed by atoms with Gasteiger partial charge in [0.15, 0.2) is 17.3 Å². The van der Waals surface area contributed by atoms with E-state index in [1.165, 1.54) is 14.2 Å². The fraction of sp³-hybridized carbons (Fsp3) is 0.261. The van der Waals surface area contributed by atoms with Crippen LogP contribution in [-0.4, -0.2) is 43.3 Å². The molecule has 0 radical (unpaired) electrons. The molecule has 1 saturated heterocycles. The number of hydrogen-bond donors (Lipinski definition) is 1. The van der Waals surface area contributed by atoms with Gasteiger partial charge in [-0.2, -0.15) is 0 Å². The number of nitrogens with zero attached hydrogens (tertiary/aromatic N) is 2. The zero-order chi connectivity index (χ0) is 22.9. The fourth-order valence-corrected chi connectivity index (χ4v) is 3.62. The quantitative estimate of drug-likeness (QED) is 0.566. The maximum absolute atomic E-state index is 13.2. The number of imide groups is 1. The Kier molecular flexibility index (Phi) is 5.48. The highest BCUT2D eigenvalue weighted by Gasteiger charge is 2.49. The van der Waals surface area contributed by atoms with Gasteiger partial charge in [-0.05, 0) is 48.9 Å². The third kappa shape index (κ3) is 3.62. The van der Waals surface area contributed by atoms with Crippen molar-refractivity contribution >= 4 is 11.9 Å². The number of benzene rings is 2. The summed E-state index contributed by atoms with van der Waals surface area (Å²) in [5.41, 5.74) is 0.744. The van der Waals surface area contributed by atoms with Crippen molar-refractivity contribution in [2.24, 2.45) is 0 Å². The van der Waals surface area contributed by atoms with E-state index in [-0.39, 0.29) is 6.54 Å². The molecular formula is C23H23N3O6. The Balaban J connectivity index is 1.55. The molecular weight excluding hydrogens is 414 g/mol. The molecule has 0 spiro atoms. The first-order valence-corrected chi connectivity index (χ1v) is 9.86. The molecule has 1 fully saturated rings. The number of hydrogen-bond acceptors (Lipinski definition) is 7. The van der Waals surface area contributed by atoms with E-state index in [2.05, 4.69) is 10.5 Å². The van der Waals surface area contributed by atoms with Crippen LogP contribution in [0.1, 0.15) is 18.2 Å². The Bertz CT molecular complexity index is 1160. The van der Waals surface area contributed by atoms with E-state index in [0.29, 0.717) is 28.5 Å². The molecule has 1 aliphatic heterocycles. The predicted molar refractivity (Wildman–Crippen MR) is 114 cm³/mol. The summed E-state index contributed by atoms with van der Waals surface area (Å²) in [5.74, 6) is 1.70. The first kappa shape index (κ1) is 21.2. The number of aromatic nitrogens is 1. The van der Waals surface area contributed by atoms with Crippen LogP contribution in [0.25, 0.3) is 11.3 Å². The van der Waals surface area contributed by atoms with Gasteiger partial charge in [0.25, 0.3) is 5.91 Å². The van der Waals surface area contributed by atoms with Crippen molar-refractivity contribution in [2.45, 2.75) is 19.0 Å². The maximum Gasteiger partial charge on any atom is 0.325 e. The lowest BCUT2D eigenvalue weighted by molar-refractivity contribution is -0.131. The summed E-state index contributed by atoms with van der Waals surface area (Å²) < 4.78 is 21.1. The molecule has 1 aliphatic rings. The number of methoxy groups -OCH3 is 3. The molecule has 1 atom stereocenters. The molecule has 9 heteroatoms. The van der Waals surface area contributed by atoms with Crippen LogP contribution < -0.4 is 19.5 Å². The van der Waals surface area contributed by atoms with Crippen LogP contribution in [0.2, 0.25) is 0 Å². The second-order valence-corrected chi connectivity index (χ2v) is 7.42. The van der Waals surface area contributed by atoms with Gasteiger partial charge in [0.05, 0.1) is 27.9 Å². The molecule has 2 heterocycles. The minimum absolute atomic E-state index is 0.0449. The summed E-state index contributed by atoms with van der Waals surface area (Å²) in [6, 6.07) is 13.6. The molecule has 0 saturated carbocycles. The lowest BCUT2D eigenvalue weighted by Gasteiger charge is -2.23. The number of carbonyl (C=O) groups excluding carboxylic acids is 2. The van der Waals surface area contributed by atoms with Crippen molar-refractivity contribution in [3.8, 4) is 28.5 Å². The first-order valence-electron chi connectivity index (χ1n) is 9.86. The highest BCUT2D eigenvalue weighted by atomic mass is 16.5. The number of urea groups is 1. The van der Waals surface area contributed by atoms with Gasteiger partial charge in [0.1, 0.15) is 17.0 Å². The van der Waals surface area contributed by atoms with Crippen molar-refractivity contribution in [1.82, 2.24) is 15.4 Å². The second-order valence-electron chi connectivity index (χ2n) is 7.42. The van der Waals surface area contributed by atoms with E-state index in [0.717, 1.165) is 16.2 Å². The number of amides is 3. The molecule has 9 nitrogen and oxygen atoms in total. The SMILES string of the molecule is COc1ccc(-c2cc(CN3C(=O)NC(C)(c4ccc(OC)c(OC)c4)C3=O)on2)cc1. The first-order chi connectivity index (χ1) is 15.4. The van der Waals surface area contributed by atoms with Crippen molar-refractivity contribution in [3.63, 3.8) is 0 Å². The minimum Gasteiger partial charge on any atom is -0.497 e. The minimum atomic E-state index is -1.25. The molecule has 2 aromatic carbocycles. The molecule has 1 N–H and O–H groups in total. The summed E-state index contributed by atoms with van der Waals surface area (Å²) in [4.78, 5) is 27.0. The summed E-state index contributed by atoms with van der Waals surface area (Å²) >= 11 is 0. The summed E-state index contributed by atoms with van der Waals surface area (Å²) in [5, 5.41) is 6.83. The van der Waals surface area contributed by atoms with Crippen LogP contribution >= 0.6 is 0 Å². The molecule has 4 rings (SSSR count). The van der Waals surface area contributed by atoms with E-state index in [9.17, 15) is 9.59 Å². The normalized spacial score (nSPS) is 17.9. The molecule has 0 aliphatic carbocycles. The smallest absolute Gasteiger partial charge is 0.325 e. The van der Waals surface area contributed by atoms with Gasteiger partial charge in [0, 0.05) is 11.6 Å². The molecule has 3 aromatic rings. The van der Waals surface area contributed by atoms with Crippen LogP contribution in [0, 0.1) is 0 Å². The molecule has 1 unspecified atom stereocenters. The van der Waals surface area contributed by atoms with Gasteiger partial charge >= 0.3 is 6.03 Å². The average molecular weight is 437 g/mol. The Morgan fingerprint density at radius 1 is 0.969 bits per heavy atom. The summed E-state index contributed by atoms with van der Waals surface area (Å²) in [6.07, 6.45) is 0. The van der Waals surface area contributed by atoms with Crippen molar-refractivity contribution < 1.29 is 28.3 Å². The van der Waals surface area contributed by atoms with Crippen LogP contribution in [-0.2, 0) is 16.9 Å². The lowest BCUT2D eigenvalue weighted by Crippen LogP contribution is -2.40. The largest absolute Gasteiger partial charge is 0.497 e. The third-order valence-corrected chi connectivity index (χ3v) is 5.49. The number of rotatable bonds is 7. The van der Waals surface area contributed by atoms with Crippen LogP contribution in [0.3, 0.4) is 0 Å². The molecule has 166 valence electrons. The van der Waals surface area contributed by atoms with Crippen molar-refractivity contribution in [1.29, 1.82) is 0 Å². The van der Waals surface area contributed by atoms with Gasteiger partial charge < -0.3 is 24.1 Å². The number of nitrogens with one attached hydrogen (secondary N) is 1. The van der Waals surface area contributed by atoms with Crippen molar-refractivity contribution in [3.05, 3.63) is 59.9 Å². The van der Waals surface area contributed by atoms with E-state index >= 15 is 0 Å². The van der Waals surface area contributed by atoms with Gasteiger partial charge in [-0.25, -0.2) is 4.79 Å². The van der Waals surface area contributed by atoms with Crippen molar-refractivity contribution in [2.75, 3.05) is 21.3 Å². The van der Waals surface area contributed by atoms with E-state index in [4.69, 9.17) is 18.7 Å². The molecule has 1 aromatic heterocycles. The number of carbonyl (C=O) groups is 2. The molecule has 0 bridgehead atoms. The lowest BCUT2D eigenvalue weighted by atomic mass is 9.91. The zero-order valence-corrected chi connectivity index (χ0v) is 18.2. The van der Waals surface area contributed by atoms with Crippen LogP contribution in [0.15, 0.2) is 53.1 Å². The average Bonchev–Trinajstić information content (AvgIpc) is 3.37. The Morgan fingerprint density at radius 3 is 2.34 bits per heavy atom. The Morgan fingerprint density at radius 2 is 1.69 bits per heavy atom. The Hall–Kier alpha value is -4.01. The van der Waals surface area contributed by atoms with E-state index in [1.807, 2.05) is 24.3 Å². The Labute approximate surface area is 184 Å².